The van der Waals surface area contributed by atoms with Gasteiger partial charge in [0.05, 0.1) is 23.8 Å². The van der Waals surface area contributed by atoms with E-state index in [0.717, 1.165) is 46.4 Å². The van der Waals surface area contributed by atoms with Gasteiger partial charge in [-0.05, 0) is 48.5 Å². The maximum atomic E-state index is 14.9. The molecular weight excluding hydrogens is 506 g/mol. The van der Waals surface area contributed by atoms with Crippen LogP contribution in [0.2, 0.25) is 0 Å². The Balaban J connectivity index is 1.32. The van der Waals surface area contributed by atoms with Gasteiger partial charge in [-0.2, -0.15) is 4.39 Å². The van der Waals surface area contributed by atoms with Crippen LogP contribution in [0.1, 0.15) is 24.8 Å². The molecule has 0 amide bonds. The van der Waals surface area contributed by atoms with Crippen LogP contribution in [0.3, 0.4) is 0 Å². The van der Waals surface area contributed by atoms with E-state index in [2.05, 4.69) is 35.5 Å². The molecule has 1 aliphatic heterocycles. The van der Waals surface area contributed by atoms with Gasteiger partial charge < -0.3 is 5.32 Å². The molecule has 6 rings (SSSR count). The van der Waals surface area contributed by atoms with Gasteiger partial charge >= 0.3 is 0 Å². The molecule has 0 unspecified atom stereocenters. The molecule has 5 heterocycles. The summed E-state index contributed by atoms with van der Waals surface area (Å²) in [6, 6.07) is 9.36. The minimum Gasteiger partial charge on any atom is -0.352 e. The molecule has 0 saturated carbocycles. The van der Waals surface area contributed by atoms with Crippen LogP contribution in [0.4, 0.5) is 14.7 Å². The minimum absolute atomic E-state index is 0.227. The quantitative estimate of drug-likeness (QED) is 0.268. The van der Waals surface area contributed by atoms with Crippen molar-refractivity contribution in [2.75, 3.05) is 25.0 Å². The van der Waals surface area contributed by atoms with E-state index in [9.17, 15) is 8.78 Å². The van der Waals surface area contributed by atoms with Crippen molar-refractivity contribution in [1.82, 2.24) is 34.8 Å². The Labute approximate surface area is 222 Å². The van der Waals surface area contributed by atoms with Crippen molar-refractivity contribution in [2.24, 2.45) is 0 Å². The highest BCUT2D eigenvalue weighted by molar-refractivity contribution is 7.22. The number of hydrogen-bond acceptors (Lipinski definition) is 8. The van der Waals surface area contributed by atoms with Gasteiger partial charge in [-0.3, -0.25) is 9.58 Å². The standard InChI is InChI=1S/C27H26F2N8S/c28-22-16-32-27(30-7-11-37-12-8-33-35-37)34-25(22)23-13-18-5-4-6-20(26(18)38-23)21-14-24(29)31-15-19(21)17-36-9-2-1-3-10-36/h4-6,8,12-16H,1-3,7,9-11,17H2,(H,30,32,34). The van der Waals surface area contributed by atoms with E-state index in [0.29, 0.717) is 23.9 Å². The number of likely N-dealkylation sites (tertiary alicyclic amines) is 1. The first-order valence-electron chi connectivity index (χ1n) is 12.6. The predicted molar refractivity (Wildman–Crippen MR) is 144 cm³/mol. The topological polar surface area (TPSA) is 84.7 Å². The fourth-order valence-electron chi connectivity index (χ4n) is 4.84. The normalized spacial score (nSPS) is 14.3. The number of benzene rings is 1. The highest BCUT2D eigenvalue weighted by atomic mass is 32.1. The Kier molecular flexibility index (Phi) is 7.02. The SMILES string of the molecule is Fc1cc(-c2cccc3cc(-c4nc(NCCn5ccnn5)ncc4F)sc23)c(CN2CCCCC2)cn1. The van der Waals surface area contributed by atoms with Crippen LogP contribution in [0.25, 0.3) is 31.8 Å². The van der Waals surface area contributed by atoms with E-state index in [-0.39, 0.29) is 5.69 Å². The van der Waals surface area contributed by atoms with Gasteiger partial charge in [0.1, 0.15) is 5.69 Å². The summed E-state index contributed by atoms with van der Waals surface area (Å²) in [5, 5.41) is 11.8. The summed E-state index contributed by atoms with van der Waals surface area (Å²) in [7, 11) is 0. The van der Waals surface area contributed by atoms with Crippen molar-refractivity contribution in [1.29, 1.82) is 0 Å². The Hall–Kier alpha value is -3.83. The number of anilines is 1. The van der Waals surface area contributed by atoms with Gasteiger partial charge in [0.15, 0.2) is 5.82 Å². The highest BCUT2D eigenvalue weighted by Crippen LogP contribution is 2.40. The average Bonchev–Trinajstić information content (AvgIpc) is 3.61. The first kappa shape index (κ1) is 24.5. The number of nitrogens with zero attached hydrogens (tertiary/aromatic N) is 7. The molecule has 4 aromatic heterocycles. The van der Waals surface area contributed by atoms with E-state index in [1.54, 1.807) is 23.3 Å². The smallest absolute Gasteiger partial charge is 0.223 e. The van der Waals surface area contributed by atoms with Crippen molar-refractivity contribution < 1.29 is 8.78 Å². The van der Waals surface area contributed by atoms with E-state index in [4.69, 9.17) is 0 Å². The van der Waals surface area contributed by atoms with Crippen LogP contribution in [0, 0.1) is 11.8 Å². The predicted octanol–water partition coefficient (Wildman–Crippen LogP) is 5.39. The molecule has 194 valence electrons. The zero-order chi connectivity index (χ0) is 25.9. The number of nitrogens with one attached hydrogen (secondary N) is 1. The number of aromatic nitrogens is 6. The summed E-state index contributed by atoms with van der Waals surface area (Å²) in [6.45, 7) is 3.88. The van der Waals surface area contributed by atoms with Crippen LogP contribution >= 0.6 is 11.3 Å². The number of pyridine rings is 1. The Morgan fingerprint density at radius 3 is 2.74 bits per heavy atom. The van der Waals surface area contributed by atoms with Crippen molar-refractivity contribution in [2.45, 2.75) is 32.4 Å². The molecule has 0 atom stereocenters. The zero-order valence-electron chi connectivity index (χ0n) is 20.6. The summed E-state index contributed by atoms with van der Waals surface area (Å²) in [5.41, 5.74) is 2.95. The van der Waals surface area contributed by atoms with Crippen LogP contribution < -0.4 is 5.32 Å². The van der Waals surface area contributed by atoms with Gasteiger partial charge in [-0.1, -0.05) is 29.8 Å². The molecule has 0 radical (unpaired) electrons. The first-order valence-corrected chi connectivity index (χ1v) is 13.5. The maximum Gasteiger partial charge on any atom is 0.223 e. The van der Waals surface area contributed by atoms with Gasteiger partial charge in [-0.25, -0.2) is 19.3 Å². The lowest BCUT2D eigenvalue weighted by molar-refractivity contribution is 0.221. The summed E-state index contributed by atoms with van der Waals surface area (Å²) in [4.78, 5) is 15.6. The molecule has 1 aliphatic rings. The zero-order valence-corrected chi connectivity index (χ0v) is 21.5. The molecule has 1 N–H and O–H groups in total. The Bertz CT molecular complexity index is 1550. The van der Waals surface area contributed by atoms with Crippen molar-refractivity contribution in [3.05, 3.63) is 72.4 Å². The second-order valence-corrected chi connectivity index (χ2v) is 10.4. The molecule has 11 heteroatoms. The lowest BCUT2D eigenvalue weighted by Crippen LogP contribution is -2.29. The van der Waals surface area contributed by atoms with Gasteiger partial charge in [0, 0.05) is 41.8 Å². The number of halogens is 2. The maximum absolute atomic E-state index is 14.9. The van der Waals surface area contributed by atoms with Crippen molar-refractivity contribution in [3.8, 4) is 21.7 Å². The number of piperidine rings is 1. The molecule has 8 nitrogen and oxygen atoms in total. The Morgan fingerprint density at radius 2 is 1.89 bits per heavy atom. The molecule has 1 aromatic carbocycles. The minimum atomic E-state index is -0.514. The monoisotopic (exact) mass is 532 g/mol. The molecule has 1 saturated heterocycles. The lowest BCUT2D eigenvalue weighted by Gasteiger charge is -2.27. The van der Waals surface area contributed by atoms with Gasteiger partial charge in [0.25, 0.3) is 0 Å². The van der Waals surface area contributed by atoms with Crippen LogP contribution in [0.5, 0.6) is 0 Å². The lowest BCUT2D eigenvalue weighted by atomic mass is 9.99. The van der Waals surface area contributed by atoms with Crippen LogP contribution in [-0.2, 0) is 13.1 Å². The molecule has 0 aliphatic carbocycles. The highest BCUT2D eigenvalue weighted by Gasteiger charge is 2.19. The fourth-order valence-corrected chi connectivity index (χ4v) is 6.02. The second-order valence-electron chi connectivity index (χ2n) is 9.32. The van der Waals surface area contributed by atoms with Crippen LogP contribution in [-0.4, -0.2) is 54.5 Å². The Morgan fingerprint density at radius 1 is 1.00 bits per heavy atom. The first-order chi connectivity index (χ1) is 18.6. The van der Waals surface area contributed by atoms with E-state index < -0.39 is 11.8 Å². The third kappa shape index (κ3) is 5.25. The van der Waals surface area contributed by atoms with Crippen molar-refractivity contribution in [3.63, 3.8) is 0 Å². The molecule has 38 heavy (non-hydrogen) atoms. The number of rotatable bonds is 8. The summed E-state index contributed by atoms with van der Waals surface area (Å²) >= 11 is 1.44. The summed E-state index contributed by atoms with van der Waals surface area (Å²) in [5.74, 6) is -0.681. The van der Waals surface area contributed by atoms with E-state index in [1.165, 1.54) is 42.9 Å². The van der Waals surface area contributed by atoms with Crippen molar-refractivity contribution >= 4 is 27.4 Å². The third-order valence-corrected chi connectivity index (χ3v) is 7.89. The van der Waals surface area contributed by atoms with Crippen LogP contribution in [0.15, 0.2) is 55.1 Å². The van der Waals surface area contributed by atoms with Gasteiger partial charge in [0.2, 0.25) is 11.9 Å². The third-order valence-electron chi connectivity index (χ3n) is 6.70. The van der Waals surface area contributed by atoms with E-state index >= 15 is 0 Å². The number of fused-ring (bicyclic) bond motifs is 1. The average molecular weight is 533 g/mol. The number of hydrogen-bond donors (Lipinski definition) is 1. The molecule has 5 aromatic rings. The summed E-state index contributed by atoms with van der Waals surface area (Å²) in [6.07, 6.45) is 9.81. The number of thiophene rings is 1. The molecule has 0 bridgehead atoms. The van der Waals surface area contributed by atoms with E-state index in [1.807, 2.05) is 24.3 Å². The molecule has 0 spiro atoms. The largest absolute Gasteiger partial charge is 0.352 e. The molecule has 1 fully saturated rings. The second kappa shape index (κ2) is 10.9. The molecular formula is C27H26F2N8S. The van der Waals surface area contributed by atoms with Gasteiger partial charge in [-0.15, -0.1) is 16.4 Å². The summed E-state index contributed by atoms with van der Waals surface area (Å²) < 4.78 is 31.9. The fraction of sp³-hybridized carbons (Fsp3) is 0.296.